The molecule has 7 heteroatoms. The third-order valence-corrected chi connectivity index (χ3v) is 3.45. The van der Waals surface area contributed by atoms with Gasteiger partial charge in [0.05, 0.1) is 5.69 Å². The molecule has 1 amide bonds. The van der Waals surface area contributed by atoms with Crippen molar-refractivity contribution < 1.29 is 4.79 Å². The van der Waals surface area contributed by atoms with Crippen LogP contribution in [0.3, 0.4) is 0 Å². The molecular weight excluding hydrogens is 316 g/mol. The second-order valence-corrected chi connectivity index (χ2v) is 5.00. The first-order chi connectivity index (χ1) is 12.1. The highest BCUT2D eigenvalue weighted by molar-refractivity contribution is 6.10. The van der Waals surface area contributed by atoms with Crippen molar-refractivity contribution in [2.45, 2.75) is 0 Å². The molecule has 0 aliphatic rings. The maximum atomic E-state index is 12.2. The van der Waals surface area contributed by atoms with Crippen LogP contribution in [0.5, 0.6) is 0 Å². The van der Waals surface area contributed by atoms with Crippen LogP contribution in [0.25, 0.3) is 11.6 Å². The number of carbonyl (C=O) groups excluding carboxylic acids is 1. The lowest BCUT2D eigenvalue weighted by atomic mass is 10.0. The summed E-state index contributed by atoms with van der Waals surface area (Å²) < 4.78 is 0. The molecular formula is C18H18N6O. The lowest BCUT2D eigenvalue weighted by Crippen LogP contribution is -2.10. The average molecular weight is 334 g/mol. The second kappa shape index (κ2) is 8.21. The predicted octanol–water partition coefficient (Wildman–Crippen LogP) is 2.26. The quantitative estimate of drug-likeness (QED) is 0.314. The minimum absolute atomic E-state index is 0.378. The van der Waals surface area contributed by atoms with Gasteiger partial charge in [0.15, 0.2) is 0 Å². The van der Waals surface area contributed by atoms with Gasteiger partial charge in [0.1, 0.15) is 0 Å². The molecule has 0 fully saturated rings. The molecule has 1 aromatic heterocycles. The maximum Gasteiger partial charge on any atom is 0.248 e. The number of hydrogen-bond donors (Lipinski definition) is 5. The maximum absolute atomic E-state index is 12.2. The van der Waals surface area contributed by atoms with Crippen molar-refractivity contribution in [2.24, 2.45) is 5.73 Å². The zero-order valence-electron chi connectivity index (χ0n) is 13.4. The smallest absolute Gasteiger partial charge is 0.248 e. The number of benzene rings is 1. The lowest BCUT2D eigenvalue weighted by molar-refractivity contribution is -0.111. The summed E-state index contributed by atoms with van der Waals surface area (Å²) in [6.07, 6.45) is 9.64. The van der Waals surface area contributed by atoms with Gasteiger partial charge in [-0.05, 0) is 29.8 Å². The number of nitrogens with one attached hydrogen (secondary N) is 3. The standard InChI is InChI=1S/C18H18N6O/c19-8-13(9-20)14-6-7-23-11-12(14)4-5-18(25)24-17-3-1-2-16(22)15(17)10-21/h1-11,19,21H,20,22H2,(H,24,25)/b5-4+,13-9+,19-8?,21-10?. The Morgan fingerprint density at radius 2 is 2.04 bits per heavy atom. The first kappa shape index (κ1) is 17.6. The molecule has 0 atom stereocenters. The van der Waals surface area contributed by atoms with Gasteiger partial charge < -0.3 is 27.6 Å². The summed E-state index contributed by atoms with van der Waals surface area (Å²) in [4.78, 5) is 16.2. The SMILES string of the molecule is N=C/C(=C\N)c1ccncc1/C=C/C(=O)Nc1cccc(N)c1C=N. The van der Waals surface area contributed by atoms with Gasteiger partial charge in [-0.1, -0.05) is 6.07 Å². The van der Waals surface area contributed by atoms with Gasteiger partial charge in [0.25, 0.3) is 0 Å². The molecule has 126 valence electrons. The summed E-state index contributed by atoms with van der Waals surface area (Å²) in [5.41, 5.74) is 14.5. The Kier molecular flexibility index (Phi) is 5.78. The van der Waals surface area contributed by atoms with Crippen molar-refractivity contribution >= 4 is 41.4 Å². The van der Waals surface area contributed by atoms with Crippen LogP contribution in [0.2, 0.25) is 0 Å². The lowest BCUT2D eigenvalue weighted by Gasteiger charge is -2.08. The van der Waals surface area contributed by atoms with Crippen molar-refractivity contribution in [3.05, 3.63) is 65.6 Å². The molecule has 1 aromatic carbocycles. The van der Waals surface area contributed by atoms with E-state index < -0.39 is 0 Å². The van der Waals surface area contributed by atoms with Gasteiger partial charge >= 0.3 is 0 Å². The first-order valence-electron chi connectivity index (χ1n) is 7.35. The van der Waals surface area contributed by atoms with Gasteiger partial charge in [-0.25, -0.2) is 0 Å². The van der Waals surface area contributed by atoms with Crippen LogP contribution in [0, 0.1) is 10.8 Å². The molecule has 7 nitrogen and oxygen atoms in total. The Hall–Kier alpha value is -3.74. The van der Waals surface area contributed by atoms with Crippen LogP contribution < -0.4 is 16.8 Å². The molecule has 0 bridgehead atoms. The summed E-state index contributed by atoms with van der Waals surface area (Å²) in [6, 6.07) is 6.74. The summed E-state index contributed by atoms with van der Waals surface area (Å²) >= 11 is 0. The van der Waals surface area contributed by atoms with Gasteiger partial charge in [0, 0.05) is 59.5 Å². The number of rotatable bonds is 6. The monoisotopic (exact) mass is 334 g/mol. The molecule has 0 saturated carbocycles. The average Bonchev–Trinajstić information content (AvgIpc) is 2.62. The van der Waals surface area contributed by atoms with Gasteiger partial charge in [0.2, 0.25) is 5.91 Å². The van der Waals surface area contributed by atoms with Crippen LogP contribution in [0.15, 0.2) is 48.9 Å². The fourth-order valence-electron chi connectivity index (χ4n) is 2.21. The summed E-state index contributed by atoms with van der Waals surface area (Å²) in [5, 5.41) is 17.5. The number of nitrogen functional groups attached to an aromatic ring is 1. The molecule has 25 heavy (non-hydrogen) atoms. The molecule has 1 heterocycles. The van der Waals surface area contributed by atoms with E-state index in [0.717, 1.165) is 12.4 Å². The van der Waals surface area contributed by atoms with Crippen molar-refractivity contribution in [3.63, 3.8) is 0 Å². The fourth-order valence-corrected chi connectivity index (χ4v) is 2.21. The minimum atomic E-state index is -0.378. The highest BCUT2D eigenvalue weighted by Crippen LogP contribution is 2.20. The topological polar surface area (TPSA) is 142 Å². The molecule has 2 rings (SSSR count). The summed E-state index contributed by atoms with van der Waals surface area (Å²) in [5.74, 6) is -0.378. The summed E-state index contributed by atoms with van der Waals surface area (Å²) in [6.45, 7) is 0. The second-order valence-electron chi connectivity index (χ2n) is 5.00. The van der Waals surface area contributed by atoms with Gasteiger partial charge in [-0.2, -0.15) is 0 Å². The number of nitrogens with zero attached hydrogens (tertiary/aromatic N) is 1. The number of allylic oxidation sites excluding steroid dienone is 1. The molecule has 7 N–H and O–H groups in total. The Labute approximate surface area is 145 Å². The largest absolute Gasteiger partial charge is 0.404 e. The number of hydrogen-bond acceptors (Lipinski definition) is 6. The van der Waals surface area contributed by atoms with Crippen LogP contribution in [0.1, 0.15) is 16.7 Å². The van der Waals surface area contributed by atoms with Crippen LogP contribution >= 0.6 is 0 Å². The first-order valence-corrected chi connectivity index (χ1v) is 7.35. The predicted molar refractivity (Wildman–Crippen MR) is 102 cm³/mol. The van der Waals surface area contributed by atoms with Crippen LogP contribution in [-0.4, -0.2) is 23.3 Å². The van der Waals surface area contributed by atoms with Crippen molar-refractivity contribution in [1.82, 2.24) is 4.98 Å². The third kappa shape index (κ3) is 4.17. The number of pyridine rings is 1. The van der Waals surface area contributed by atoms with Crippen molar-refractivity contribution in [1.29, 1.82) is 10.8 Å². The van der Waals surface area contributed by atoms with E-state index in [1.165, 1.54) is 12.3 Å². The van der Waals surface area contributed by atoms with Gasteiger partial charge in [-0.15, -0.1) is 0 Å². The number of carbonyl (C=O) groups is 1. The van der Waals surface area contributed by atoms with E-state index in [2.05, 4.69) is 10.3 Å². The van der Waals surface area contributed by atoms with Gasteiger partial charge in [-0.3, -0.25) is 9.78 Å². The number of amides is 1. The number of aromatic nitrogens is 1. The van der Waals surface area contributed by atoms with Crippen molar-refractivity contribution in [2.75, 3.05) is 11.1 Å². The summed E-state index contributed by atoms with van der Waals surface area (Å²) in [7, 11) is 0. The van der Waals surface area contributed by atoms with E-state index in [9.17, 15) is 4.79 Å². The molecule has 0 unspecified atom stereocenters. The van der Waals surface area contributed by atoms with Crippen molar-refractivity contribution in [3.8, 4) is 0 Å². The minimum Gasteiger partial charge on any atom is -0.404 e. The van der Waals surface area contributed by atoms with E-state index in [1.807, 2.05) is 0 Å². The highest BCUT2D eigenvalue weighted by Gasteiger charge is 2.07. The Bertz CT molecular complexity index is 870. The van der Waals surface area contributed by atoms with E-state index >= 15 is 0 Å². The van der Waals surface area contributed by atoms with E-state index in [0.29, 0.717) is 33.6 Å². The van der Waals surface area contributed by atoms with E-state index in [-0.39, 0.29) is 5.91 Å². The van der Waals surface area contributed by atoms with Crippen LogP contribution in [0.4, 0.5) is 11.4 Å². The normalized spacial score (nSPS) is 11.3. The molecule has 0 aliphatic carbocycles. The molecule has 0 radical (unpaired) electrons. The Morgan fingerprint density at radius 3 is 2.72 bits per heavy atom. The van der Waals surface area contributed by atoms with E-state index in [1.54, 1.807) is 42.7 Å². The third-order valence-electron chi connectivity index (χ3n) is 3.45. The molecule has 2 aromatic rings. The zero-order valence-corrected chi connectivity index (χ0v) is 13.4. The zero-order chi connectivity index (χ0) is 18.2. The fraction of sp³-hybridized carbons (Fsp3) is 0. The van der Waals surface area contributed by atoms with Crippen LogP contribution in [-0.2, 0) is 4.79 Å². The molecule has 0 saturated heterocycles. The Balaban J connectivity index is 2.24. The highest BCUT2D eigenvalue weighted by atomic mass is 16.1. The number of anilines is 2. The molecule has 0 spiro atoms. The van der Waals surface area contributed by atoms with E-state index in [4.69, 9.17) is 22.3 Å². The molecule has 0 aliphatic heterocycles. The Morgan fingerprint density at radius 1 is 1.24 bits per heavy atom. The number of nitrogens with two attached hydrogens (primary N) is 2.